The van der Waals surface area contributed by atoms with Crippen LogP contribution in [0.4, 0.5) is 11.4 Å². The lowest BCUT2D eigenvalue weighted by molar-refractivity contribution is -0.117. The molecule has 1 heterocycles. The van der Waals surface area contributed by atoms with Crippen molar-refractivity contribution in [2.75, 3.05) is 29.9 Å². The van der Waals surface area contributed by atoms with Gasteiger partial charge in [-0.05, 0) is 36.8 Å². The molecule has 22 heavy (non-hydrogen) atoms. The van der Waals surface area contributed by atoms with Crippen molar-refractivity contribution in [1.82, 2.24) is 0 Å². The Bertz CT molecular complexity index is 661. The van der Waals surface area contributed by atoms with E-state index in [1.54, 1.807) is 11.0 Å². The van der Waals surface area contributed by atoms with Crippen LogP contribution in [0.15, 0.2) is 48.5 Å². The monoisotopic (exact) mass is 316 g/mol. The molecule has 3 rings (SSSR count). The van der Waals surface area contributed by atoms with Crippen molar-refractivity contribution < 1.29 is 9.53 Å². The lowest BCUT2D eigenvalue weighted by Gasteiger charge is -2.30. The van der Waals surface area contributed by atoms with Gasteiger partial charge in [0.25, 0.3) is 0 Å². The molecule has 0 atom stereocenters. The number of rotatable bonds is 5. The average Bonchev–Trinajstić information content (AvgIpc) is 2.54. The van der Waals surface area contributed by atoms with Crippen LogP contribution in [-0.4, -0.2) is 25.6 Å². The second-order valence-corrected chi connectivity index (χ2v) is 5.51. The highest BCUT2D eigenvalue weighted by Gasteiger charge is 2.23. The minimum atomic E-state index is 0.0644. The molecule has 1 aliphatic rings. The number of nitrogens with zero attached hydrogens (tertiary/aromatic N) is 1. The smallest absolute Gasteiger partial charge is 0.246 e. The molecular formula is C17H17ClN2O2. The SMILES string of the molecule is O=C1CNc2cc(Cl)ccc2N1CCCOc1ccccc1. The molecule has 0 fully saturated rings. The van der Waals surface area contributed by atoms with Gasteiger partial charge in [-0.3, -0.25) is 4.79 Å². The molecule has 4 nitrogen and oxygen atoms in total. The fourth-order valence-corrected chi connectivity index (χ4v) is 2.63. The molecule has 0 saturated heterocycles. The third kappa shape index (κ3) is 3.34. The summed E-state index contributed by atoms with van der Waals surface area (Å²) in [7, 11) is 0. The minimum Gasteiger partial charge on any atom is -0.494 e. The summed E-state index contributed by atoms with van der Waals surface area (Å²) in [6, 6.07) is 15.2. The van der Waals surface area contributed by atoms with Crippen LogP contribution in [0.25, 0.3) is 0 Å². The minimum absolute atomic E-state index is 0.0644. The number of anilines is 2. The second kappa shape index (κ2) is 6.71. The largest absolute Gasteiger partial charge is 0.494 e. The summed E-state index contributed by atoms with van der Waals surface area (Å²) in [5.74, 6) is 0.913. The molecule has 0 unspecified atom stereocenters. The summed E-state index contributed by atoms with van der Waals surface area (Å²) in [6.45, 7) is 1.50. The molecule has 5 heteroatoms. The number of nitrogens with one attached hydrogen (secondary N) is 1. The van der Waals surface area contributed by atoms with E-state index in [0.717, 1.165) is 23.5 Å². The Morgan fingerprint density at radius 3 is 2.82 bits per heavy atom. The van der Waals surface area contributed by atoms with Crippen molar-refractivity contribution in [1.29, 1.82) is 0 Å². The van der Waals surface area contributed by atoms with Gasteiger partial charge in [0.1, 0.15) is 5.75 Å². The summed E-state index contributed by atoms with van der Waals surface area (Å²) < 4.78 is 5.66. The van der Waals surface area contributed by atoms with Crippen molar-refractivity contribution in [2.24, 2.45) is 0 Å². The Morgan fingerprint density at radius 2 is 2.00 bits per heavy atom. The number of benzene rings is 2. The van der Waals surface area contributed by atoms with Crippen LogP contribution in [0.2, 0.25) is 5.02 Å². The van der Waals surface area contributed by atoms with E-state index in [9.17, 15) is 4.79 Å². The second-order valence-electron chi connectivity index (χ2n) is 5.08. The average molecular weight is 317 g/mol. The normalized spacial score (nSPS) is 13.5. The van der Waals surface area contributed by atoms with Crippen LogP contribution in [0.1, 0.15) is 6.42 Å². The Kier molecular flexibility index (Phi) is 4.49. The zero-order valence-corrected chi connectivity index (χ0v) is 12.8. The number of hydrogen-bond acceptors (Lipinski definition) is 3. The molecule has 1 aliphatic heterocycles. The van der Waals surface area contributed by atoms with E-state index in [-0.39, 0.29) is 5.91 Å². The lowest BCUT2D eigenvalue weighted by atomic mass is 10.2. The van der Waals surface area contributed by atoms with Crippen molar-refractivity contribution >= 4 is 28.9 Å². The number of carbonyl (C=O) groups excluding carboxylic acids is 1. The molecule has 0 aromatic heterocycles. The molecule has 0 bridgehead atoms. The highest BCUT2D eigenvalue weighted by Crippen LogP contribution is 2.32. The number of hydrogen-bond donors (Lipinski definition) is 1. The van der Waals surface area contributed by atoms with Crippen LogP contribution in [0.5, 0.6) is 5.75 Å². The van der Waals surface area contributed by atoms with Gasteiger partial charge in [0.15, 0.2) is 0 Å². The number of halogens is 1. The Balaban J connectivity index is 1.59. The number of carbonyl (C=O) groups is 1. The third-order valence-corrected chi connectivity index (χ3v) is 3.75. The zero-order chi connectivity index (χ0) is 15.4. The quantitative estimate of drug-likeness (QED) is 0.857. The third-order valence-electron chi connectivity index (χ3n) is 3.52. The van der Waals surface area contributed by atoms with Crippen LogP contribution in [-0.2, 0) is 4.79 Å². The van der Waals surface area contributed by atoms with Gasteiger partial charge in [-0.15, -0.1) is 0 Å². The van der Waals surface area contributed by atoms with Gasteiger partial charge < -0.3 is 15.0 Å². The molecule has 1 N–H and O–H groups in total. The molecular weight excluding hydrogens is 300 g/mol. The van der Waals surface area contributed by atoms with Crippen molar-refractivity contribution in [2.45, 2.75) is 6.42 Å². The summed E-state index contributed by atoms with van der Waals surface area (Å²) in [5.41, 5.74) is 1.77. The maximum atomic E-state index is 12.1. The van der Waals surface area contributed by atoms with E-state index >= 15 is 0 Å². The van der Waals surface area contributed by atoms with E-state index in [0.29, 0.717) is 24.7 Å². The molecule has 2 aromatic carbocycles. The van der Waals surface area contributed by atoms with Crippen molar-refractivity contribution in [3.05, 3.63) is 53.6 Å². The van der Waals surface area contributed by atoms with Gasteiger partial charge in [0.05, 0.1) is 24.5 Å². The number of para-hydroxylation sites is 1. The first-order valence-corrected chi connectivity index (χ1v) is 7.63. The molecule has 2 aromatic rings. The predicted molar refractivity (Wildman–Crippen MR) is 88.8 cm³/mol. The zero-order valence-electron chi connectivity index (χ0n) is 12.1. The first-order valence-electron chi connectivity index (χ1n) is 7.26. The van der Waals surface area contributed by atoms with Gasteiger partial charge >= 0.3 is 0 Å². The fourth-order valence-electron chi connectivity index (χ4n) is 2.46. The standard InChI is InChI=1S/C17H17ClN2O2/c18-13-7-8-16-15(11-13)19-12-17(21)20(16)9-4-10-22-14-5-2-1-3-6-14/h1-3,5-8,11,19H,4,9-10,12H2. The lowest BCUT2D eigenvalue weighted by Crippen LogP contribution is -2.40. The van der Waals surface area contributed by atoms with Gasteiger partial charge in [0, 0.05) is 11.6 Å². The van der Waals surface area contributed by atoms with E-state index in [1.165, 1.54) is 0 Å². The summed E-state index contributed by atoms with van der Waals surface area (Å²) in [6.07, 6.45) is 0.767. The Morgan fingerprint density at radius 1 is 1.18 bits per heavy atom. The van der Waals surface area contributed by atoms with E-state index < -0.39 is 0 Å². The first-order chi connectivity index (χ1) is 10.7. The summed E-state index contributed by atoms with van der Waals surface area (Å²) >= 11 is 5.99. The van der Waals surface area contributed by atoms with Crippen molar-refractivity contribution in [3.63, 3.8) is 0 Å². The Labute approximate surface area is 134 Å². The molecule has 0 saturated carbocycles. The number of ether oxygens (including phenoxy) is 1. The van der Waals surface area contributed by atoms with Crippen LogP contribution in [0, 0.1) is 0 Å². The van der Waals surface area contributed by atoms with Gasteiger partial charge in [0.2, 0.25) is 5.91 Å². The van der Waals surface area contributed by atoms with Gasteiger partial charge in [-0.25, -0.2) is 0 Å². The fraction of sp³-hybridized carbons (Fsp3) is 0.235. The van der Waals surface area contributed by atoms with E-state index in [4.69, 9.17) is 16.3 Å². The van der Waals surface area contributed by atoms with E-state index in [1.807, 2.05) is 42.5 Å². The molecule has 0 spiro atoms. The maximum Gasteiger partial charge on any atom is 0.246 e. The van der Waals surface area contributed by atoms with Crippen LogP contribution < -0.4 is 15.0 Å². The van der Waals surface area contributed by atoms with Crippen LogP contribution >= 0.6 is 11.6 Å². The molecule has 0 aliphatic carbocycles. The highest BCUT2D eigenvalue weighted by molar-refractivity contribution is 6.31. The predicted octanol–water partition coefficient (Wildman–Crippen LogP) is 3.57. The molecule has 1 amide bonds. The van der Waals surface area contributed by atoms with Gasteiger partial charge in [-0.1, -0.05) is 29.8 Å². The summed E-state index contributed by atoms with van der Waals surface area (Å²) in [5, 5.41) is 3.75. The highest BCUT2D eigenvalue weighted by atomic mass is 35.5. The number of fused-ring (bicyclic) bond motifs is 1. The first kappa shape index (κ1) is 14.7. The number of amides is 1. The maximum absolute atomic E-state index is 12.1. The van der Waals surface area contributed by atoms with E-state index in [2.05, 4.69) is 5.32 Å². The topological polar surface area (TPSA) is 41.6 Å². The molecule has 114 valence electrons. The molecule has 0 radical (unpaired) electrons. The Hall–Kier alpha value is -2.20. The van der Waals surface area contributed by atoms with Gasteiger partial charge in [-0.2, -0.15) is 0 Å². The summed E-state index contributed by atoms with van der Waals surface area (Å²) in [4.78, 5) is 13.9. The van der Waals surface area contributed by atoms with Crippen molar-refractivity contribution in [3.8, 4) is 5.75 Å². The van der Waals surface area contributed by atoms with Crippen LogP contribution in [0.3, 0.4) is 0 Å².